The van der Waals surface area contributed by atoms with E-state index in [2.05, 4.69) is 17.1 Å². The normalized spacial score (nSPS) is 32.6. The lowest BCUT2D eigenvalue weighted by atomic mass is 9.93. The topological polar surface area (TPSA) is 32.3 Å². The Labute approximate surface area is 105 Å². The molecule has 17 heavy (non-hydrogen) atoms. The molecule has 0 radical (unpaired) electrons. The second kappa shape index (κ2) is 5.85. The Bertz CT molecular complexity index is 261. The van der Waals surface area contributed by atoms with Gasteiger partial charge in [-0.1, -0.05) is 19.3 Å². The van der Waals surface area contributed by atoms with Crippen LogP contribution in [0, 0.1) is 0 Å². The first-order chi connectivity index (χ1) is 8.24. The average molecular weight is 238 g/mol. The van der Waals surface area contributed by atoms with Crippen molar-refractivity contribution in [3.63, 3.8) is 0 Å². The molecule has 2 atom stereocenters. The van der Waals surface area contributed by atoms with Crippen LogP contribution in [0.3, 0.4) is 0 Å². The van der Waals surface area contributed by atoms with E-state index in [0.29, 0.717) is 18.0 Å². The van der Waals surface area contributed by atoms with Gasteiger partial charge in [-0.2, -0.15) is 0 Å². The molecular formula is C14H26N2O. The summed E-state index contributed by atoms with van der Waals surface area (Å²) in [7, 11) is 1.91. The van der Waals surface area contributed by atoms with Crippen molar-refractivity contribution in [2.45, 2.75) is 76.4 Å². The van der Waals surface area contributed by atoms with Gasteiger partial charge in [0.25, 0.3) is 0 Å². The fourth-order valence-electron chi connectivity index (χ4n) is 3.44. The lowest BCUT2D eigenvalue weighted by Crippen LogP contribution is -2.52. The molecule has 0 aromatic heterocycles. The van der Waals surface area contributed by atoms with Gasteiger partial charge in [-0.05, 0) is 46.1 Å². The van der Waals surface area contributed by atoms with Crippen molar-refractivity contribution >= 4 is 5.91 Å². The van der Waals surface area contributed by atoms with Crippen LogP contribution in [0.4, 0.5) is 0 Å². The van der Waals surface area contributed by atoms with E-state index in [0.717, 1.165) is 6.42 Å². The first-order valence-corrected chi connectivity index (χ1v) is 7.23. The van der Waals surface area contributed by atoms with Crippen LogP contribution >= 0.6 is 0 Å². The van der Waals surface area contributed by atoms with Gasteiger partial charge in [0.2, 0.25) is 5.91 Å². The summed E-state index contributed by atoms with van der Waals surface area (Å²) in [6.07, 6.45) is 9.71. The predicted molar refractivity (Wildman–Crippen MR) is 69.9 cm³/mol. The van der Waals surface area contributed by atoms with Crippen LogP contribution in [-0.4, -0.2) is 36.0 Å². The zero-order valence-corrected chi connectivity index (χ0v) is 11.2. The summed E-state index contributed by atoms with van der Waals surface area (Å²) < 4.78 is 0. The van der Waals surface area contributed by atoms with Gasteiger partial charge in [-0.3, -0.25) is 4.79 Å². The van der Waals surface area contributed by atoms with E-state index in [9.17, 15) is 4.79 Å². The number of rotatable bonds is 2. The smallest absolute Gasteiger partial charge is 0.240 e. The van der Waals surface area contributed by atoms with Crippen LogP contribution in [0.1, 0.15) is 58.3 Å². The summed E-state index contributed by atoms with van der Waals surface area (Å²) in [5, 5.41) is 3.19. The highest BCUT2D eigenvalue weighted by Crippen LogP contribution is 2.28. The third kappa shape index (κ3) is 2.82. The minimum atomic E-state index is 0.0573. The lowest BCUT2D eigenvalue weighted by Gasteiger charge is -2.39. The minimum absolute atomic E-state index is 0.0573. The van der Waals surface area contributed by atoms with Gasteiger partial charge in [-0.15, -0.1) is 0 Å². The second-order valence-corrected chi connectivity index (χ2v) is 5.66. The highest BCUT2D eigenvalue weighted by atomic mass is 16.2. The molecule has 0 spiro atoms. The van der Waals surface area contributed by atoms with E-state index in [1.807, 2.05) is 7.05 Å². The van der Waals surface area contributed by atoms with Crippen molar-refractivity contribution in [1.82, 2.24) is 10.2 Å². The number of likely N-dealkylation sites (N-methyl/N-ethyl adjacent to an activating group) is 1. The van der Waals surface area contributed by atoms with Gasteiger partial charge in [-0.25, -0.2) is 0 Å². The van der Waals surface area contributed by atoms with Crippen molar-refractivity contribution in [1.29, 1.82) is 0 Å². The Balaban J connectivity index is 2.11. The Morgan fingerprint density at radius 3 is 2.41 bits per heavy atom. The molecule has 1 saturated carbocycles. The Morgan fingerprint density at radius 1 is 1.06 bits per heavy atom. The highest BCUT2D eigenvalue weighted by Gasteiger charge is 2.34. The number of carbonyl (C=O) groups is 1. The number of carbonyl (C=O) groups excluding carboxylic acids is 1. The number of hydrogen-bond acceptors (Lipinski definition) is 2. The molecule has 0 aromatic carbocycles. The van der Waals surface area contributed by atoms with Crippen molar-refractivity contribution in [2.24, 2.45) is 0 Å². The van der Waals surface area contributed by atoms with E-state index in [4.69, 9.17) is 0 Å². The van der Waals surface area contributed by atoms with E-state index in [-0.39, 0.29) is 6.04 Å². The fourth-order valence-corrected chi connectivity index (χ4v) is 3.44. The second-order valence-electron chi connectivity index (χ2n) is 5.66. The van der Waals surface area contributed by atoms with Gasteiger partial charge in [0.1, 0.15) is 0 Å². The first kappa shape index (κ1) is 12.9. The molecule has 2 aliphatic rings. The number of likely N-dealkylation sites (tertiary alicyclic amines) is 1. The molecule has 3 heteroatoms. The molecule has 3 nitrogen and oxygen atoms in total. The number of hydrogen-bond donors (Lipinski definition) is 1. The quantitative estimate of drug-likeness (QED) is 0.800. The molecule has 1 heterocycles. The Kier molecular flexibility index (Phi) is 4.43. The van der Waals surface area contributed by atoms with Crippen LogP contribution in [0.15, 0.2) is 0 Å². The number of nitrogens with one attached hydrogen (secondary N) is 1. The van der Waals surface area contributed by atoms with Crippen LogP contribution < -0.4 is 5.32 Å². The van der Waals surface area contributed by atoms with Crippen LogP contribution in [0.5, 0.6) is 0 Å². The molecule has 2 unspecified atom stereocenters. The summed E-state index contributed by atoms with van der Waals surface area (Å²) in [6.45, 7) is 2.23. The molecule has 98 valence electrons. The van der Waals surface area contributed by atoms with Crippen LogP contribution in [0.2, 0.25) is 0 Å². The van der Waals surface area contributed by atoms with Crippen molar-refractivity contribution in [3.8, 4) is 0 Å². The molecular weight excluding hydrogens is 212 g/mol. The van der Waals surface area contributed by atoms with Gasteiger partial charge in [0.15, 0.2) is 0 Å². The maximum atomic E-state index is 12.5. The third-order valence-corrected chi connectivity index (χ3v) is 4.46. The summed E-state index contributed by atoms with van der Waals surface area (Å²) in [5.41, 5.74) is 0. The lowest BCUT2D eigenvalue weighted by molar-refractivity contribution is -0.138. The molecule has 2 fully saturated rings. The largest absolute Gasteiger partial charge is 0.336 e. The van der Waals surface area contributed by atoms with Crippen LogP contribution in [-0.2, 0) is 4.79 Å². The van der Waals surface area contributed by atoms with Crippen molar-refractivity contribution in [3.05, 3.63) is 0 Å². The number of nitrogens with zero attached hydrogens (tertiary/aromatic N) is 1. The summed E-state index contributed by atoms with van der Waals surface area (Å²) >= 11 is 0. The first-order valence-electron chi connectivity index (χ1n) is 7.23. The van der Waals surface area contributed by atoms with E-state index in [1.165, 1.54) is 44.9 Å². The molecule has 0 bridgehead atoms. The zero-order chi connectivity index (χ0) is 12.3. The molecule has 0 aromatic rings. The van der Waals surface area contributed by atoms with Gasteiger partial charge in [0.05, 0.1) is 6.04 Å². The average Bonchev–Trinajstić information content (AvgIpc) is 2.49. The predicted octanol–water partition coefficient (Wildman–Crippen LogP) is 2.31. The molecule has 1 amide bonds. The van der Waals surface area contributed by atoms with Crippen molar-refractivity contribution in [2.75, 3.05) is 7.05 Å². The maximum absolute atomic E-state index is 12.5. The third-order valence-electron chi connectivity index (χ3n) is 4.46. The Hall–Kier alpha value is -0.570. The standard InChI is InChI=1S/C14H26N2O/c1-11-7-6-10-13(15-2)14(17)16(11)12-8-4-3-5-9-12/h11-13,15H,3-10H2,1-2H3. The van der Waals surface area contributed by atoms with E-state index >= 15 is 0 Å². The van der Waals surface area contributed by atoms with Gasteiger partial charge >= 0.3 is 0 Å². The summed E-state index contributed by atoms with van der Waals surface area (Å²) in [4.78, 5) is 14.8. The Morgan fingerprint density at radius 2 is 1.76 bits per heavy atom. The summed E-state index contributed by atoms with van der Waals surface area (Å²) in [6, 6.07) is 1.01. The number of amides is 1. The van der Waals surface area contributed by atoms with E-state index in [1.54, 1.807) is 0 Å². The van der Waals surface area contributed by atoms with Crippen LogP contribution in [0.25, 0.3) is 0 Å². The fraction of sp³-hybridized carbons (Fsp3) is 0.929. The van der Waals surface area contributed by atoms with Crippen molar-refractivity contribution < 1.29 is 4.79 Å². The minimum Gasteiger partial charge on any atom is -0.336 e. The SMILES string of the molecule is CNC1CCCC(C)N(C2CCCCC2)C1=O. The van der Waals surface area contributed by atoms with Gasteiger partial charge < -0.3 is 10.2 Å². The molecule has 1 N–H and O–H groups in total. The molecule has 2 rings (SSSR count). The molecule has 1 saturated heterocycles. The van der Waals surface area contributed by atoms with Gasteiger partial charge in [0, 0.05) is 12.1 Å². The highest BCUT2D eigenvalue weighted by molar-refractivity contribution is 5.82. The monoisotopic (exact) mass is 238 g/mol. The maximum Gasteiger partial charge on any atom is 0.240 e. The van der Waals surface area contributed by atoms with E-state index < -0.39 is 0 Å². The zero-order valence-electron chi connectivity index (χ0n) is 11.2. The molecule has 1 aliphatic carbocycles. The summed E-state index contributed by atoms with van der Waals surface area (Å²) in [5.74, 6) is 0.351. The molecule has 1 aliphatic heterocycles.